The lowest BCUT2D eigenvalue weighted by Crippen LogP contribution is -2.33. The van der Waals surface area contributed by atoms with E-state index in [0.717, 1.165) is 5.56 Å². The number of hydrogen-bond acceptors (Lipinski definition) is 7. The molecule has 3 aromatic rings. The zero-order valence-corrected chi connectivity index (χ0v) is 18.9. The highest BCUT2D eigenvalue weighted by Gasteiger charge is 2.46. The van der Waals surface area contributed by atoms with E-state index >= 15 is 0 Å². The summed E-state index contributed by atoms with van der Waals surface area (Å²) in [6, 6.07) is 7.87. The van der Waals surface area contributed by atoms with Crippen molar-refractivity contribution in [3.05, 3.63) is 75.3 Å². The van der Waals surface area contributed by atoms with Crippen molar-refractivity contribution in [1.82, 2.24) is 14.8 Å². The van der Waals surface area contributed by atoms with Crippen LogP contribution in [0.1, 0.15) is 28.4 Å². The van der Waals surface area contributed by atoms with Crippen LogP contribution in [0.15, 0.2) is 47.9 Å². The van der Waals surface area contributed by atoms with Crippen molar-refractivity contribution in [2.24, 2.45) is 0 Å². The van der Waals surface area contributed by atoms with Crippen molar-refractivity contribution >= 4 is 33.3 Å². The topological polar surface area (TPSA) is 106 Å². The molecule has 0 unspecified atom stereocenters. The third kappa shape index (κ3) is 4.21. The summed E-state index contributed by atoms with van der Waals surface area (Å²) in [6.45, 7) is 3.66. The number of nitrogens with zero attached hydrogens (tertiary/aromatic N) is 3. The van der Waals surface area contributed by atoms with Gasteiger partial charge in [0.15, 0.2) is 0 Å². The Morgan fingerprint density at radius 3 is 2.68 bits per heavy atom. The maximum absolute atomic E-state index is 11.7. The van der Waals surface area contributed by atoms with Crippen LogP contribution in [0.2, 0.25) is 10.0 Å². The average molecular weight is 483 g/mol. The fourth-order valence-corrected chi connectivity index (χ4v) is 5.17. The summed E-state index contributed by atoms with van der Waals surface area (Å²) in [5, 5.41) is 4.94. The fraction of sp³-hybridized carbons (Fsp3) is 0.300. The van der Waals surface area contributed by atoms with Crippen molar-refractivity contribution in [1.29, 1.82) is 0 Å². The third-order valence-electron chi connectivity index (χ3n) is 5.25. The molecule has 31 heavy (non-hydrogen) atoms. The van der Waals surface area contributed by atoms with Crippen LogP contribution in [0.3, 0.4) is 0 Å². The number of rotatable bonds is 5. The van der Waals surface area contributed by atoms with Crippen molar-refractivity contribution in [2.45, 2.75) is 37.2 Å². The van der Waals surface area contributed by atoms with Crippen molar-refractivity contribution in [3.8, 4) is 0 Å². The minimum Gasteiger partial charge on any atom is -0.744 e. The quantitative estimate of drug-likeness (QED) is 0.509. The van der Waals surface area contributed by atoms with Gasteiger partial charge in [-0.15, -0.1) is 0 Å². The van der Waals surface area contributed by atoms with Crippen LogP contribution in [-0.2, 0) is 31.9 Å². The molecular formula is C20H18Cl2N3O5S-. The Labute approximate surface area is 189 Å². The first kappa shape index (κ1) is 22.2. The van der Waals surface area contributed by atoms with Gasteiger partial charge in [0.1, 0.15) is 35.4 Å². The van der Waals surface area contributed by atoms with Gasteiger partial charge in [0.05, 0.1) is 16.5 Å². The number of ether oxygens (including phenoxy) is 2. The lowest BCUT2D eigenvalue weighted by molar-refractivity contribution is -0.189. The van der Waals surface area contributed by atoms with Gasteiger partial charge in [0.25, 0.3) is 0 Å². The number of benzene rings is 2. The summed E-state index contributed by atoms with van der Waals surface area (Å²) in [7, 11) is -4.64. The van der Waals surface area contributed by atoms with E-state index in [1.807, 2.05) is 6.92 Å². The molecule has 0 radical (unpaired) electrons. The zero-order valence-electron chi connectivity index (χ0n) is 16.6. The van der Waals surface area contributed by atoms with E-state index in [-0.39, 0.29) is 18.0 Å². The molecule has 1 aliphatic heterocycles. The monoisotopic (exact) mass is 482 g/mol. The van der Waals surface area contributed by atoms with Gasteiger partial charge in [-0.3, -0.25) is 0 Å². The van der Waals surface area contributed by atoms with Crippen LogP contribution in [0.4, 0.5) is 0 Å². The molecule has 0 saturated carbocycles. The summed E-state index contributed by atoms with van der Waals surface area (Å²) in [5.74, 6) is -1.33. The Kier molecular flexibility index (Phi) is 5.84. The molecule has 0 amide bonds. The second-order valence-electron chi connectivity index (χ2n) is 7.26. The van der Waals surface area contributed by atoms with Crippen LogP contribution < -0.4 is 0 Å². The molecule has 1 saturated heterocycles. The number of aryl methyl sites for hydroxylation is 1. The maximum Gasteiger partial charge on any atom is 0.217 e. The van der Waals surface area contributed by atoms with Gasteiger partial charge >= 0.3 is 0 Å². The molecule has 0 aliphatic carbocycles. The first-order valence-corrected chi connectivity index (χ1v) is 11.4. The minimum atomic E-state index is -4.64. The molecule has 164 valence electrons. The summed E-state index contributed by atoms with van der Waals surface area (Å²) >= 11 is 12.5. The Morgan fingerprint density at radius 1 is 1.26 bits per heavy atom. The summed E-state index contributed by atoms with van der Waals surface area (Å²) < 4.78 is 49.2. The van der Waals surface area contributed by atoms with E-state index in [1.54, 1.807) is 35.9 Å². The van der Waals surface area contributed by atoms with Crippen LogP contribution in [0, 0.1) is 13.8 Å². The molecule has 1 aromatic heterocycles. The number of halogens is 2. The Bertz CT molecular complexity index is 1230. The van der Waals surface area contributed by atoms with Crippen LogP contribution >= 0.6 is 23.2 Å². The molecule has 11 heteroatoms. The van der Waals surface area contributed by atoms with Gasteiger partial charge in [0, 0.05) is 10.6 Å². The molecule has 2 atom stereocenters. The predicted octanol–water partition coefficient (Wildman–Crippen LogP) is 3.75. The van der Waals surface area contributed by atoms with E-state index in [9.17, 15) is 13.0 Å². The fourth-order valence-electron chi connectivity index (χ4n) is 3.90. The highest BCUT2D eigenvalue weighted by atomic mass is 35.5. The smallest absolute Gasteiger partial charge is 0.217 e. The molecule has 1 aliphatic rings. The van der Waals surface area contributed by atoms with Crippen LogP contribution in [0.5, 0.6) is 0 Å². The molecule has 8 nitrogen and oxygen atoms in total. The van der Waals surface area contributed by atoms with Gasteiger partial charge in [0.2, 0.25) is 5.79 Å². The Hall–Kier alpha value is -2.01. The van der Waals surface area contributed by atoms with Gasteiger partial charge in [-0.1, -0.05) is 35.3 Å². The number of aromatic nitrogens is 3. The van der Waals surface area contributed by atoms with Crippen LogP contribution in [0.25, 0.3) is 0 Å². The Balaban J connectivity index is 1.80. The van der Waals surface area contributed by atoms with E-state index < -0.39 is 22.0 Å². The molecule has 0 N–H and O–H groups in total. The van der Waals surface area contributed by atoms with Crippen molar-refractivity contribution < 1.29 is 22.4 Å². The summed E-state index contributed by atoms with van der Waals surface area (Å²) in [6.07, 6.45) is 2.27. The largest absolute Gasteiger partial charge is 0.744 e. The lowest BCUT2D eigenvalue weighted by atomic mass is 9.98. The van der Waals surface area contributed by atoms with E-state index in [2.05, 4.69) is 10.1 Å². The van der Waals surface area contributed by atoms with E-state index in [4.69, 9.17) is 32.7 Å². The Morgan fingerprint density at radius 2 is 2.03 bits per heavy atom. The third-order valence-corrected chi connectivity index (χ3v) is 6.78. The van der Waals surface area contributed by atoms with Gasteiger partial charge in [-0.05, 0) is 48.7 Å². The SMILES string of the molecule is Cc1ccc(S(=O)(=O)[O-])c(C)c1[C@@H]1CO[C@@](Cn2cncn2)(c2ccc(Cl)cc2Cl)O1. The zero-order chi connectivity index (χ0) is 22.4. The van der Waals surface area contributed by atoms with E-state index in [1.165, 1.54) is 18.7 Å². The highest BCUT2D eigenvalue weighted by molar-refractivity contribution is 7.85. The normalized spacial score (nSPS) is 21.5. The highest BCUT2D eigenvalue weighted by Crippen LogP contribution is 2.46. The maximum atomic E-state index is 11.7. The minimum absolute atomic E-state index is 0.109. The molecule has 2 heterocycles. The first-order valence-electron chi connectivity index (χ1n) is 9.26. The molecular weight excluding hydrogens is 465 g/mol. The van der Waals surface area contributed by atoms with Crippen LogP contribution in [-0.4, -0.2) is 34.3 Å². The lowest BCUT2D eigenvalue weighted by Gasteiger charge is -2.30. The predicted molar refractivity (Wildman–Crippen MR) is 112 cm³/mol. The average Bonchev–Trinajstić information content (AvgIpc) is 3.32. The molecule has 0 bridgehead atoms. The molecule has 2 aromatic carbocycles. The molecule has 1 fully saturated rings. The summed E-state index contributed by atoms with van der Waals surface area (Å²) in [5.41, 5.74) is 2.24. The summed E-state index contributed by atoms with van der Waals surface area (Å²) in [4.78, 5) is 3.67. The van der Waals surface area contributed by atoms with Gasteiger partial charge in [-0.2, -0.15) is 5.10 Å². The standard InChI is InChI=1S/C20H19Cl2N3O5S/c1-12-3-6-18(31(26,27)28)13(2)19(12)17-8-29-20(30-17,9-25-11-23-10-24-25)15-5-4-14(21)7-16(15)22/h3-7,10-11,17H,8-9H2,1-2H3,(H,26,27,28)/p-1/t17-,20+/m0/s1. The van der Waals surface area contributed by atoms with Gasteiger partial charge in [-0.25, -0.2) is 18.1 Å². The van der Waals surface area contributed by atoms with E-state index in [0.29, 0.717) is 26.7 Å². The second kappa shape index (κ2) is 8.16. The van der Waals surface area contributed by atoms with Crippen molar-refractivity contribution in [3.63, 3.8) is 0 Å². The second-order valence-corrected chi connectivity index (χ2v) is 9.45. The number of hydrogen-bond donors (Lipinski definition) is 0. The molecule has 4 rings (SSSR count). The molecule has 0 spiro atoms. The van der Waals surface area contributed by atoms with Crippen molar-refractivity contribution in [2.75, 3.05) is 6.61 Å². The van der Waals surface area contributed by atoms with Gasteiger partial charge < -0.3 is 14.0 Å². The first-order chi connectivity index (χ1) is 14.6.